The zero-order valence-corrected chi connectivity index (χ0v) is 32.0. The van der Waals surface area contributed by atoms with Gasteiger partial charge in [0.15, 0.2) is 17.5 Å². The van der Waals surface area contributed by atoms with E-state index in [0.29, 0.717) is 11.3 Å². The second-order valence-corrected chi connectivity index (χ2v) is 14.3. The average molecular weight is 857 g/mol. The summed E-state index contributed by atoms with van der Waals surface area (Å²) in [6.45, 7) is 0. The Bertz CT molecular complexity index is 5850. The van der Waals surface area contributed by atoms with Gasteiger partial charge in [0, 0.05) is 54.7 Å². The molecule has 294 valence electrons. The molecule has 0 aliphatic carbocycles. The van der Waals surface area contributed by atoms with Gasteiger partial charge in [0.05, 0.1) is 85.1 Å². The second-order valence-electron chi connectivity index (χ2n) is 13.3. The zero-order valence-electron chi connectivity index (χ0n) is 66.1. The highest BCUT2D eigenvalue weighted by Crippen LogP contribution is 2.46. The predicted octanol–water partition coefficient (Wildman–Crippen LogP) is 15.1. The molecule has 0 atom stereocenters. The van der Waals surface area contributed by atoms with Gasteiger partial charge in [-0.2, -0.15) is 0 Å². The standard InChI is InChI=1S/C57H35N5S/c1-4-16-36(17-5-1)38-20-14-21-39(34-38)56-58-55(37-18-6-2-7-19-37)59-57(60-56)40-30-31-44-45-32-33-47-46-26-15-29-50(62-48-27-12-10-24-42(48)43-25-11-13-28-49(43)62)53(46)63-54(47)52(45)61(51(44)35-40)41-22-8-3-9-23-41/h1-35H/i1D,2D,3D,4D,5D,6D,7D,8D,9D,10D,11D,12D,13D,14D,15D,16D,17D,18D,19D,20D,21D,22D,23D,24D,25D,26D,27D,28D,29D,30D,31D,32D,33D,34D,35D. The van der Waals surface area contributed by atoms with Gasteiger partial charge in [-0.15, -0.1) is 11.3 Å². The van der Waals surface area contributed by atoms with Crippen LogP contribution in [0.1, 0.15) is 48.0 Å². The first-order valence-corrected chi connectivity index (χ1v) is 19.2. The van der Waals surface area contributed by atoms with Crippen LogP contribution < -0.4 is 0 Å². The van der Waals surface area contributed by atoms with Crippen molar-refractivity contribution in [2.45, 2.75) is 0 Å². The van der Waals surface area contributed by atoms with Crippen LogP contribution in [-0.2, 0) is 0 Å². The molecule has 0 saturated heterocycles. The lowest BCUT2D eigenvalue weighted by molar-refractivity contribution is 1.07. The van der Waals surface area contributed by atoms with Crippen molar-refractivity contribution in [3.8, 4) is 56.7 Å². The van der Waals surface area contributed by atoms with Gasteiger partial charge in [0.25, 0.3) is 0 Å². The summed E-state index contributed by atoms with van der Waals surface area (Å²) >= 11 is 0.500. The van der Waals surface area contributed by atoms with Crippen molar-refractivity contribution in [2.24, 2.45) is 0 Å². The number of thiophene rings is 1. The van der Waals surface area contributed by atoms with Crippen LogP contribution >= 0.6 is 11.3 Å². The fourth-order valence-corrected chi connectivity index (χ4v) is 8.53. The van der Waals surface area contributed by atoms with E-state index in [1.165, 1.54) is 0 Å². The van der Waals surface area contributed by atoms with E-state index in [4.69, 9.17) is 28.8 Å². The van der Waals surface area contributed by atoms with Crippen molar-refractivity contribution < 1.29 is 48.0 Å². The molecule has 4 heterocycles. The Morgan fingerprint density at radius 1 is 0.333 bits per heavy atom. The first kappa shape index (κ1) is 15.3. The van der Waals surface area contributed by atoms with Crippen LogP contribution in [0, 0.1) is 0 Å². The summed E-state index contributed by atoms with van der Waals surface area (Å²) < 4.78 is 319. The maximum atomic E-state index is 10.3. The molecule has 9 aromatic carbocycles. The summed E-state index contributed by atoms with van der Waals surface area (Å²) in [6, 6.07) is -33.2. The molecule has 0 unspecified atom stereocenters. The average Bonchev–Trinajstić information content (AvgIpc) is 1.52. The Labute approximate surface area is 415 Å². The molecule has 0 aliphatic heterocycles. The van der Waals surface area contributed by atoms with Gasteiger partial charge in [-0.1, -0.05) is 169 Å². The van der Waals surface area contributed by atoms with Gasteiger partial charge in [-0.05, 0) is 53.4 Å². The first-order valence-electron chi connectivity index (χ1n) is 35.8. The number of benzene rings is 9. The molecular weight excluding hydrogens is 787 g/mol. The Morgan fingerprint density at radius 3 is 1.54 bits per heavy atom. The Balaban J connectivity index is 1.25. The fourth-order valence-electron chi connectivity index (χ4n) is 7.28. The Hall–Kier alpha value is -8.19. The van der Waals surface area contributed by atoms with Crippen molar-refractivity contribution in [3.63, 3.8) is 0 Å². The number of nitrogens with zero attached hydrogens (tertiary/aromatic N) is 5. The van der Waals surface area contributed by atoms with Gasteiger partial charge in [-0.25, -0.2) is 15.0 Å². The highest BCUT2D eigenvalue weighted by molar-refractivity contribution is 7.27. The van der Waals surface area contributed by atoms with E-state index >= 15 is 0 Å². The molecule has 13 rings (SSSR count). The normalized spacial score (nSPS) is 19.6. The van der Waals surface area contributed by atoms with Crippen molar-refractivity contribution >= 4 is 75.1 Å². The quantitative estimate of drug-likeness (QED) is 0.167. The Morgan fingerprint density at radius 2 is 0.825 bits per heavy atom. The first-order chi connectivity index (χ1) is 45.8. The number of fused-ring (bicyclic) bond motifs is 10. The maximum absolute atomic E-state index is 10.3. The van der Waals surface area contributed by atoms with E-state index in [2.05, 4.69) is 15.0 Å². The van der Waals surface area contributed by atoms with Gasteiger partial charge in [0.1, 0.15) is 0 Å². The number of aromatic nitrogens is 5. The molecular formula is C57H35N5S. The van der Waals surface area contributed by atoms with E-state index < -0.39 is 323 Å². The highest BCUT2D eigenvalue weighted by atomic mass is 32.1. The third kappa shape index (κ3) is 5.66. The van der Waals surface area contributed by atoms with Crippen LogP contribution in [0.15, 0.2) is 211 Å². The molecule has 4 aromatic heterocycles. The summed E-state index contributed by atoms with van der Waals surface area (Å²) in [6.07, 6.45) is 0. The molecule has 6 heteroatoms. The zero-order chi connectivity index (χ0) is 71.9. The molecule has 13 aromatic rings. The van der Waals surface area contributed by atoms with Crippen LogP contribution in [0.2, 0.25) is 0 Å². The SMILES string of the molecule is [2H]c1c([2H])c([2H])c(-c2nc(-c3c([2H])c([2H])c([2H])c(-c4c([2H])c([2H])c([2H])c([2H])c4[2H])c3[2H])nc(-c3c([2H])c([2H])c4c5c([2H])c([2H])c6c(sc7c(-n8c9c([2H])c([2H])c([2H])c([2H])c9c9c([2H])c([2H])c([2H])c([2H])c98)c([2H])c([2H])c([2H])c76)c5n(-c5c([2H])c([2H])c([2H])c([2H])c5[2H])c4c3[2H])n2)c([2H])c1[2H]. The topological polar surface area (TPSA) is 48.5 Å². The molecule has 0 N–H and O–H groups in total. The van der Waals surface area contributed by atoms with Crippen LogP contribution in [0.3, 0.4) is 0 Å². The molecule has 0 fully saturated rings. The number of hydrogen-bond donors (Lipinski definition) is 0. The maximum Gasteiger partial charge on any atom is 0.164 e. The molecule has 0 spiro atoms. The fraction of sp³-hybridized carbons (Fsp3) is 0. The second kappa shape index (κ2) is 14.2. The lowest BCUT2D eigenvalue weighted by Crippen LogP contribution is -2.00. The third-order valence-electron chi connectivity index (χ3n) is 9.89. The molecule has 5 nitrogen and oxygen atoms in total. The van der Waals surface area contributed by atoms with Gasteiger partial charge in [-0.3, -0.25) is 0 Å². The van der Waals surface area contributed by atoms with E-state index in [1.54, 1.807) is 0 Å². The molecule has 0 aliphatic rings. The minimum absolute atomic E-state index is 0.355. The lowest BCUT2D eigenvalue weighted by atomic mass is 10.0. The van der Waals surface area contributed by atoms with Crippen molar-refractivity contribution in [2.75, 3.05) is 0 Å². The van der Waals surface area contributed by atoms with Gasteiger partial charge in [0.2, 0.25) is 0 Å². The van der Waals surface area contributed by atoms with Crippen LogP contribution in [0.5, 0.6) is 0 Å². The van der Waals surface area contributed by atoms with Crippen molar-refractivity contribution in [3.05, 3.63) is 211 Å². The van der Waals surface area contributed by atoms with E-state index in [-0.39, 0.29) is 9.40 Å². The van der Waals surface area contributed by atoms with E-state index in [9.17, 15) is 19.2 Å². The number of hydrogen-bond acceptors (Lipinski definition) is 4. The highest BCUT2D eigenvalue weighted by Gasteiger charge is 2.22. The van der Waals surface area contributed by atoms with Gasteiger partial charge < -0.3 is 9.13 Å². The molecule has 0 amide bonds. The smallest absolute Gasteiger partial charge is 0.164 e. The minimum atomic E-state index is -1.09. The number of rotatable bonds is 6. The summed E-state index contributed by atoms with van der Waals surface area (Å²) in [5.41, 5.74) is -8.19. The van der Waals surface area contributed by atoms with Crippen LogP contribution in [0.25, 0.3) is 120 Å². The lowest BCUT2D eigenvalue weighted by Gasteiger charge is -2.11. The summed E-state index contributed by atoms with van der Waals surface area (Å²) in [4.78, 5) is 13.1. The minimum Gasteiger partial charge on any atom is -0.308 e. The largest absolute Gasteiger partial charge is 0.308 e. The summed E-state index contributed by atoms with van der Waals surface area (Å²) in [5, 5.41) is -3.08. The van der Waals surface area contributed by atoms with Crippen LogP contribution in [0.4, 0.5) is 0 Å². The van der Waals surface area contributed by atoms with Crippen molar-refractivity contribution in [1.29, 1.82) is 0 Å². The summed E-state index contributed by atoms with van der Waals surface area (Å²) in [7, 11) is 0. The van der Waals surface area contributed by atoms with E-state index in [1.807, 2.05) is 0 Å². The van der Waals surface area contributed by atoms with Crippen LogP contribution in [-0.4, -0.2) is 24.1 Å². The summed E-state index contributed by atoms with van der Waals surface area (Å²) in [5.74, 6) is -2.97. The monoisotopic (exact) mass is 856 g/mol. The third-order valence-corrected chi connectivity index (χ3v) is 11.1. The molecule has 0 bridgehead atoms. The Kier molecular flexibility index (Phi) is 3.45. The van der Waals surface area contributed by atoms with E-state index in [0.717, 1.165) is 9.13 Å². The number of para-hydroxylation sites is 3. The van der Waals surface area contributed by atoms with Gasteiger partial charge >= 0.3 is 0 Å². The predicted molar refractivity (Wildman–Crippen MR) is 263 cm³/mol. The van der Waals surface area contributed by atoms with Crippen molar-refractivity contribution in [1.82, 2.24) is 24.1 Å². The molecule has 0 radical (unpaired) electrons. The molecule has 63 heavy (non-hydrogen) atoms. The molecule has 0 saturated carbocycles.